The summed E-state index contributed by atoms with van der Waals surface area (Å²) in [5, 5.41) is 14.9. The molecule has 1 heterocycles. The molecule has 0 radical (unpaired) electrons. The third-order valence-corrected chi connectivity index (χ3v) is 4.94. The second-order valence-corrected chi connectivity index (χ2v) is 6.71. The van der Waals surface area contributed by atoms with Gasteiger partial charge in [-0.25, -0.2) is 0 Å². The van der Waals surface area contributed by atoms with Crippen molar-refractivity contribution in [2.24, 2.45) is 0 Å². The number of aromatic nitrogens is 2. The van der Waals surface area contributed by atoms with Gasteiger partial charge in [-0.3, -0.25) is 9.48 Å². The molecule has 0 spiro atoms. The minimum Gasteiger partial charge on any atom is -0.388 e. The molecule has 1 aromatic heterocycles. The van der Waals surface area contributed by atoms with Crippen molar-refractivity contribution in [2.45, 2.75) is 63.0 Å². The van der Waals surface area contributed by atoms with Crippen LogP contribution in [0.3, 0.4) is 0 Å². The molecular formula is C16H25N3O2. The summed E-state index contributed by atoms with van der Waals surface area (Å²) in [4.78, 5) is 14.1. The van der Waals surface area contributed by atoms with E-state index in [1.165, 1.54) is 12.8 Å². The van der Waals surface area contributed by atoms with E-state index in [9.17, 15) is 9.90 Å². The first-order valence-corrected chi connectivity index (χ1v) is 8.10. The monoisotopic (exact) mass is 291 g/mol. The highest BCUT2D eigenvalue weighted by molar-refractivity contribution is 5.92. The van der Waals surface area contributed by atoms with Crippen molar-refractivity contribution in [1.29, 1.82) is 0 Å². The van der Waals surface area contributed by atoms with Gasteiger partial charge in [-0.1, -0.05) is 25.7 Å². The molecule has 1 amide bonds. The number of amides is 1. The maximum absolute atomic E-state index is 12.4. The van der Waals surface area contributed by atoms with Gasteiger partial charge in [0.2, 0.25) is 0 Å². The van der Waals surface area contributed by atoms with Crippen LogP contribution in [0.15, 0.2) is 12.3 Å². The standard InChI is InChI=1S/C16H25N3O2/c1-18(12-16(21)9-4-5-10-16)15(20)14-8-11-19(17-14)13-6-2-3-7-13/h8,11,13,21H,2-7,9-10,12H2,1H3. The molecule has 2 aliphatic rings. The van der Waals surface area contributed by atoms with E-state index in [0.29, 0.717) is 18.3 Å². The van der Waals surface area contributed by atoms with E-state index in [4.69, 9.17) is 0 Å². The number of hydrogen-bond donors (Lipinski definition) is 1. The van der Waals surface area contributed by atoms with E-state index < -0.39 is 5.60 Å². The third kappa shape index (κ3) is 3.12. The van der Waals surface area contributed by atoms with Gasteiger partial charge in [0, 0.05) is 19.8 Å². The number of carbonyl (C=O) groups excluding carboxylic acids is 1. The van der Waals surface area contributed by atoms with Gasteiger partial charge in [0.15, 0.2) is 0 Å². The van der Waals surface area contributed by atoms with Crippen molar-refractivity contribution >= 4 is 5.91 Å². The minimum absolute atomic E-state index is 0.0907. The Kier molecular flexibility index (Phi) is 4.02. The summed E-state index contributed by atoms with van der Waals surface area (Å²) >= 11 is 0. The summed E-state index contributed by atoms with van der Waals surface area (Å²) in [5.41, 5.74) is -0.204. The summed E-state index contributed by atoms with van der Waals surface area (Å²) in [5.74, 6) is -0.0907. The zero-order valence-corrected chi connectivity index (χ0v) is 12.8. The molecule has 1 aromatic rings. The van der Waals surface area contributed by atoms with Crippen LogP contribution in [-0.2, 0) is 0 Å². The molecule has 21 heavy (non-hydrogen) atoms. The quantitative estimate of drug-likeness (QED) is 0.926. The number of nitrogens with zero attached hydrogens (tertiary/aromatic N) is 3. The first kappa shape index (κ1) is 14.6. The Hall–Kier alpha value is -1.36. The van der Waals surface area contributed by atoms with Crippen molar-refractivity contribution in [3.63, 3.8) is 0 Å². The lowest BCUT2D eigenvalue weighted by atomic mass is 10.0. The van der Waals surface area contributed by atoms with Crippen LogP contribution in [0.25, 0.3) is 0 Å². The predicted molar refractivity (Wildman–Crippen MR) is 80.1 cm³/mol. The van der Waals surface area contributed by atoms with Gasteiger partial charge in [0.05, 0.1) is 11.6 Å². The Bertz CT molecular complexity index is 499. The lowest BCUT2D eigenvalue weighted by Gasteiger charge is -2.28. The highest BCUT2D eigenvalue weighted by Gasteiger charge is 2.34. The number of carbonyl (C=O) groups is 1. The molecule has 0 bridgehead atoms. The van der Waals surface area contributed by atoms with Crippen LogP contribution < -0.4 is 0 Å². The number of rotatable bonds is 4. The van der Waals surface area contributed by atoms with Gasteiger partial charge in [0.1, 0.15) is 5.69 Å². The zero-order valence-electron chi connectivity index (χ0n) is 12.8. The van der Waals surface area contributed by atoms with E-state index >= 15 is 0 Å². The number of aliphatic hydroxyl groups is 1. The SMILES string of the molecule is CN(CC1(O)CCCC1)C(=O)c1ccn(C2CCCC2)n1. The lowest BCUT2D eigenvalue weighted by molar-refractivity contribution is 0.0154. The molecule has 0 aliphatic heterocycles. The van der Waals surface area contributed by atoms with Gasteiger partial charge in [0.25, 0.3) is 5.91 Å². The van der Waals surface area contributed by atoms with E-state index in [1.54, 1.807) is 18.0 Å². The Morgan fingerprint density at radius 1 is 1.38 bits per heavy atom. The van der Waals surface area contributed by atoms with Crippen LogP contribution >= 0.6 is 0 Å². The molecule has 2 fully saturated rings. The summed E-state index contributed by atoms with van der Waals surface area (Å²) in [6, 6.07) is 2.26. The molecule has 0 atom stereocenters. The minimum atomic E-state index is -0.696. The molecule has 5 nitrogen and oxygen atoms in total. The number of hydrogen-bond acceptors (Lipinski definition) is 3. The van der Waals surface area contributed by atoms with Crippen molar-refractivity contribution in [1.82, 2.24) is 14.7 Å². The first-order chi connectivity index (χ1) is 10.1. The van der Waals surface area contributed by atoms with Crippen molar-refractivity contribution in [3.05, 3.63) is 18.0 Å². The summed E-state index contributed by atoms with van der Waals surface area (Å²) in [7, 11) is 1.76. The molecule has 0 unspecified atom stereocenters. The highest BCUT2D eigenvalue weighted by atomic mass is 16.3. The van der Waals surface area contributed by atoms with Gasteiger partial charge < -0.3 is 10.0 Å². The van der Waals surface area contributed by atoms with Crippen LogP contribution in [-0.4, -0.2) is 44.9 Å². The molecule has 1 N–H and O–H groups in total. The second kappa shape index (κ2) is 5.79. The molecule has 0 saturated heterocycles. The molecule has 5 heteroatoms. The van der Waals surface area contributed by atoms with Crippen LogP contribution in [0, 0.1) is 0 Å². The van der Waals surface area contributed by atoms with Gasteiger partial charge >= 0.3 is 0 Å². The van der Waals surface area contributed by atoms with Crippen LogP contribution in [0.4, 0.5) is 0 Å². The normalized spacial score (nSPS) is 21.8. The fourth-order valence-electron chi connectivity index (χ4n) is 3.72. The average molecular weight is 291 g/mol. The van der Waals surface area contributed by atoms with Crippen LogP contribution in [0.1, 0.15) is 67.9 Å². The zero-order chi connectivity index (χ0) is 14.9. The Labute approximate surface area is 125 Å². The number of likely N-dealkylation sites (N-methyl/N-ethyl adjacent to an activating group) is 1. The van der Waals surface area contributed by atoms with Crippen molar-refractivity contribution < 1.29 is 9.90 Å². The molecule has 116 valence electrons. The lowest BCUT2D eigenvalue weighted by Crippen LogP contribution is -2.42. The Balaban J connectivity index is 1.64. The fraction of sp³-hybridized carbons (Fsp3) is 0.750. The first-order valence-electron chi connectivity index (χ1n) is 8.10. The molecular weight excluding hydrogens is 266 g/mol. The smallest absolute Gasteiger partial charge is 0.274 e. The largest absolute Gasteiger partial charge is 0.388 e. The summed E-state index contributed by atoms with van der Waals surface area (Å²) in [6.45, 7) is 0.405. The predicted octanol–water partition coefficient (Wildman–Crippen LogP) is 2.38. The van der Waals surface area contributed by atoms with Gasteiger partial charge in [-0.2, -0.15) is 5.10 Å². The Morgan fingerprint density at radius 2 is 2.05 bits per heavy atom. The topological polar surface area (TPSA) is 58.4 Å². The highest BCUT2D eigenvalue weighted by Crippen LogP contribution is 2.31. The van der Waals surface area contributed by atoms with Crippen molar-refractivity contribution in [3.8, 4) is 0 Å². The molecule has 2 aliphatic carbocycles. The summed E-state index contributed by atoms with van der Waals surface area (Å²) < 4.78 is 1.94. The van der Waals surface area contributed by atoms with E-state index in [2.05, 4.69) is 5.10 Å². The molecule has 2 saturated carbocycles. The van der Waals surface area contributed by atoms with Crippen LogP contribution in [0.5, 0.6) is 0 Å². The molecule has 3 rings (SSSR count). The van der Waals surface area contributed by atoms with Crippen LogP contribution in [0.2, 0.25) is 0 Å². The third-order valence-electron chi connectivity index (χ3n) is 4.94. The molecule has 0 aromatic carbocycles. The van der Waals surface area contributed by atoms with Gasteiger partial charge in [-0.15, -0.1) is 0 Å². The van der Waals surface area contributed by atoms with E-state index in [-0.39, 0.29) is 5.91 Å². The van der Waals surface area contributed by atoms with E-state index in [1.807, 2.05) is 10.9 Å². The second-order valence-electron chi connectivity index (χ2n) is 6.71. The maximum atomic E-state index is 12.4. The fourth-order valence-corrected chi connectivity index (χ4v) is 3.72. The van der Waals surface area contributed by atoms with Crippen molar-refractivity contribution in [2.75, 3.05) is 13.6 Å². The maximum Gasteiger partial charge on any atom is 0.274 e. The van der Waals surface area contributed by atoms with Gasteiger partial charge in [-0.05, 0) is 31.7 Å². The average Bonchev–Trinajstić information content (AvgIpc) is 3.18. The van der Waals surface area contributed by atoms with E-state index in [0.717, 1.165) is 38.5 Å². The Morgan fingerprint density at radius 3 is 2.71 bits per heavy atom. The summed E-state index contributed by atoms with van der Waals surface area (Å²) in [6.07, 6.45) is 10.4.